The van der Waals surface area contributed by atoms with Crippen LogP contribution in [0.5, 0.6) is 0 Å². The van der Waals surface area contributed by atoms with Gasteiger partial charge in [-0.05, 0) is 28.8 Å². The molecule has 3 heteroatoms. The van der Waals surface area contributed by atoms with E-state index < -0.39 is 0 Å². The Bertz CT molecular complexity index is 562. The van der Waals surface area contributed by atoms with E-state index in [0.717, 1.165) is 13.1 Å². The molecule has 1 fully saturated rings. The Hall–Kier alpha value is -1.42. The Kier molecular flexibility index (Phi) is 3.78. The topological polar surface area (TPSA) is 30.5 Å². The van der Waals surface area contributed by atoms with E-state index in [-0.39, 0.29) is 6.29 Å². The van der Waals surface area contributed by atoms with Crippen LogP contribution in [0, 0.1) is 6.92 Å². The molecule has 1 saturated heterocycles. The molecule has 0 saturated carbocycles. The van der Waals surface area contributed by atoms with Gasteiger partial charge in [0.15, 0.2) is 6.29 Å². The first-order valence-electron chi connectivity index (χ1n) is 6.76. The maximum atomic E-state index is 5.42. The molecule has 1 N–H and O–H groups in total. The number of nitrogens with one attached hydrogen (secondary N) is 1. The molecule has 1 heterocycles. The van der Waals surface area contributed by atoms with Crippen molar-refractivity contribution in [2.45, 2.75) is 19.8 Å². The summed E-state index contributed by atoms with van der Waals surface area (Å²) in [6, 6.07) is 12.9. The quantitative estimate of drug-likeness (QED) is 0.913. The van der Waals surface area contributed by atoms with Gasteiger partial charge in [0.1, 0.15) is 0 Å². The number of fused-ring (bicyclic) bond motifs is 1. The van der Waals surface area contributed by atoms with Crippen molar-refractivity contribution in [3.63, 3.8) is 0 Å². The predicted molar refractivity (Wildman–Crippen MR) is 76.1 cm³/mol. The molecule has 2 aromatic carbocycles. The van der Waals surface area contributed by atoms with Gasteiger partial charge in [0, 0.05) is 13.1 Å². The molecule has 1 aliphatic rings. The van der Waals surface area contributed by atoms with Crippen molar-refractivity contribution in [3.05, 3.63) is 47.5 Å². The van der Waals surface area contributed by atoms with Crippen molar-refractivity contribution in [2.75, 3.05) is 19.8 Å². The molecular formula is C16H19NO2. The van der Waals surface area contributed by atoms with Crippen molar-refractivity contribution in [1.82, 2.24) is 5.32 Å². The summed E-state index contributed by atoms with van der Waals surface area (Å²) in [5, 5.41) is 6.04. The third-order valence-electron chi connectivity index (χ3n) is 3.58. The van der Waals surface area contributed by atoms with Crippen LogP contribution in [0.2, 0.25) is 0 Å². The predicted octanol–water partition coefficient (Wildman–Crippen LogP) is 2.61. The van der Waals surface area contributed by atoms with Gasteiger partial charge in [0.2, 0.25) is 0 Å². The highest BCUT2D eigenvalue weighted by atomic mass is 16.7. The summed E-state index contributed by atoms with van der Waals surface area (Å²) < 4.78 is 10.8. The zero-order valence-corrected chi connectivity index (χ0v) is 11.2. The lowest BCUT2D eigenvalue weighted by Gasteiger charge is -2.13. The molecular weight excluding hydrogens is 238 g/mol. The standard InChI is InChI=1S/C16H19NO2/c1-12-6-7-13-4-2-3-5-14(13)15(12)10-17-11-16-18-8-9-19-16/h2-7,16-17H,8-11H2,1H3. The molecule has 0 aliphatic carbocycles. The van der Waals surface area contributed by atoms with Gasteiger partial charge in [-0.3, -0.25) is 0 Å². The summed E-state index contributed by atoms with van der Waals surface area (Å²) in [5.74, 6) is 0. The average Bonchev–Trinajstić information content (AvgIpc) is 2.94. The zero-order chi connectivity index (χ0) is 13.1. The van der Waals surface area contributed by atoms with Gasteiger partial charge in [0.05, 0.1) is 13.2 Å². The van der Waals surface area contributed by atoms with Crippen LogP contribution < -0.4 is 5.32 Å². The molecule has 3 nitrogen and oxygen atoms in total. The second-order valence-electron chi connectivity index (χ2n) is 4.88. The summed E-state index contributed by atoms with van der Waals surface area (Å²) in [5.41, 5.74) is 2.68. The fourth-order valence-electron chi connectivity index (χ4n) is 2.52. The van der Waals surface area contributed by atoms with Crippen molar-refractivity contribution in [3.8, 4) is 0 Å². The zero-order valence-electron chi connectivity index (χ0n) is 11.2. The van der Waals surface area contributed by atoms with Crippen LogP contribution in [-0.2, 0) is 16.0 Å². The first-order chi connectivity index (χ1) is 9.34. The minimum atomic E-state index is -0.0877. The van der Waals surface area contributed by atoms with Gasteiger partial charge in [0.25, 0.3) is 0 Å². The normalized spacial score (nSPS) is 16.3. The maximum Gasteiger partial charge on any atom is 0.170 e. The fraction of sp³-hybridized carbons (Fsp3) is 0.375. The minimum Gasteiger partial charge on any atom is -0.349 e. The molecule has 3 rings (SSSR count). The van der Waals surface area contributed by atoms with E-state index in [0.29, 0.717) is 13.2 Å². The average molecular weight is 257 g/mol. The summed E-state index contributed by atoms with van der Waals surface area (Å²) in [7, 11) is 0. The van der Waals surface area contributed by atoms with E-state index in [9.17, 15) is 0 Å². The molecule has 0 radical (unpaired) electrons. The van der Waals surface area contributed by atoms with Crippen molar-refractivity contribution in [1.29, 1.82) is 0 Å². The number of hydrogen-bond donors (Lipinski definition) is 1. The molecule has 0 bridgehead atoms. The van der Waals surface area contributed by atoms with Crippen molar-refractivity contribution < 1.29 is 9.47 Å². The van der Waals surface area contributed by atoms with Crippen LogP contribution in [0.15, 0.2) is 36.4 Å². The highest BCUT2D eigenvalue weighted by Crippen LogP contribution is 2.22. The Morgan fingerprint density at radius 3 is 2.74 bits per heavy atom. The lowest BCUT2D eigenvalue weighted by molar-refractivity contribution is -0.0391. The number of benzene rings is 2. The first-order valence-corrected chi connectivity index (χ1v) is 6.76. The monoisotopic (exact) mass is 257 g/mol. The number of ether oxygens (including phenoxy) is 2. The molecule has 0 aromatic heterocycles. The first kappa shape index (κ1) is 12.6. The molecule has 0 spiro atoms. The summed E-state index contributed by atoms with van der Waals surface area (Å²) >= 11 is 0. The third-order valence-corrected chi connectivity index (χ3v) is 3.58. The number of hydrogen-bond acceptors (Lipinski definition) is 3. The van der Waals surface area contributed by atoms with Gasteiger partial charge < -0.3 is 14.8 Å². The van der Waals surface area contributed by atoms with Crippen LogP contribution in [0.3, 0.4) is 0 Å². The Morgan fingerprint density at radius 2 is 1.89 bits per heavy atom. The Morgan fingerprint density at radius 1 is 1.11 bits per heavy atom. The highest BCUT2D eigenvalue weighted by molar-refractivity contribution is 5.86. The lowest BCUT2D eigenvalue weighted by Crippen LogP contribution is -2.27. The van der Waals surface area contributed by atoms with E-state index in [1.807, 2.05) is 0 Å². The molecule has 2 aromatic rings. The smallest absolute Gasteiger partial charge is 0.170 e. The van der Waals surface area contributed by atoms with Gasteiger partial charge in [-0.25, -0.2) is 0 Å². The Balaban J connectivity index is 1.74. The third kappa shape index (κ3) is 2.78. The van der Waals surface area contributed by atoms with Gasteiger partial charge in [-0.1, -0.05) is 36.4 Å². The summed E-state index contributed by atoms with van der Waals surface area (Å²) in [6.07, 6.45) is -0.0877. The molecule has 0 amide bonds. The van der Waals surface area contributed by atoms with Crippen LogP contribution in [0.1, 0.15) is 11.1 Å². The molecule has 0 atom stereocenters. The van der Waals surface area contributed by atoms with Crippen LogP contribution in [0.25, 0.3) is 10.8 Å². The van der Waals surface area contributed by atoms with Gasteiger partial charge in [-0.15, -0.1) is 0 Å². The minimum absolute atomic E-state index is 0.0877. The van der Waals surface area contributed by atoms with E-state index in [2.05, 4.69) is 48.6 Å². The molecule has 1 aliphatic heterocycles. The largest absolute Gasteiger partial charge is 0.349 e. The summed E-state index contributed by atoms with van der Waals surface area (Å²) in [4.78, 5) is 0. The van der Waals surface area contributed by atoms with E-state index in [1.54, 1.807) is 0 Å². The van der Waals surface area contributed by atoms with Crippen LogP contribution in [0.4, 0.5) is 0 Å². The molecule has 19 heavy (non-hydrogen) atoms. The van der Waals surface area contributed by atoms with Gasteiger partial charge >= 0.3 is 0 Å². The molecule has 0 unspecified atom stereocenters. The van der Waals surface area contributed by atoms with E-state index >= 15 is 0 Å². The van der Waals surface area contributed by atoms with E-state index in [4.69, 9.17) is 9.47 Å². The van der Waals surface area contributed by atoms with Gasteiger partial charge in [-0.2, -0.15) is 0 Å². The second kappa shape index (κ2) is 5.70. The lowest BCUT2D eigenvalue weighted by atomic mass is 10.00. The van der Waals surface area contributed by atoms with Crippen LogP contribution in [-0.4, -0.2) is 26.0 Å². The van der Waals surface area contributed by atoms with E-state index in [1.165, 1.54) is 21.9 Å². The summed E-state index contributed by atoms with van der Waals surface area (Å²) in [6.45, 7) is 5.16. The second-order valence-corrected chi connectivity index (χ2v) is 4.88. The molecule has 100 valence electrons. The number of rotatable bonds is 4. The van der Waals surface area contributed by atoms with Crippen LogP contribution >= 0.6 is 0 Å². The van der Waals surface area contributed by atoms with Crippen molar-refractivity contribution >= 4 is 10.8 Å². The maximum absolute atomic E-state index is 5.42. The Labute approximate surface area is 113 Å². The van der Waals surface area contributed by atoms with Crippen molar-refractivity contribution in [2.24, 2.45) is 0 Å². The number of aryl methyl sites for hydroxylation is 1. The highest BCUT2D eigenvalue weighted by Gasteiger charge is 2.15. The fourth-order valence-corrected chi connectivity index (χ4v) is 2.52. The SMILES string of the molecule is Cc1ccc2ccccc2c1CNCC1OCCO1.